The molecule has 0 spiro atoms. The molecule has 0 unspecified atom stereocenters. The van der Waals surface area contributed by atoms with Gasteiger partial charge < -0.3 is 5.73 Å². The zero-order valence-electron chi connectivity index (χ0n) is 11.5. The largest absolute Gasteiger partial charge is 0.382 e. The van der Waals surface area contributed by atoms with Gasteiger partial charge in [0.05, 0.1) is 7.06 Å². The monoisotopic (exact) mass is 180 g/mol. The molecule has 5 heteroatoms. The Hall–Kier alpha value is -1.91. The number of nitrogen functional groups attached to an aromatic ring is 1. The lowest BCUT2D eigenvalue weighted by Gasteiger charge is -1.98. The van der Waals surface area contributed by atoms with Crippen LogP contribution in [-0.2, 0) is 0 Å². The highest BCUT2D eigenvalue weighted by atomic mass is 15.2. The Morgan fingerprint density at radius 2 is 2.46 bits per heavy atom. The van der Waals surface area contributed by atoms with Crippen LogP contribution in [-0.4, -0.2) is 19.7 Å². The highest BCUT2D eigenvalue weighted by molar-refractivity contribution is 5.31. The maximum absolute atomic E-state index is 7.74. The van der Waals surface area contributed by atoms with Gasteiger partial charge in [-0.25, -0.2) is 4.98 Å². The topological polar surface area (TPSA) is 69.6 Å². The summed E-state index contributed by atoms with van der Waals surface area (Å²) in [6.07, 6.45) is -0.788. The first-order chi connectivity index (χ1) is 8.30. The van der Waals surface area contributed by atoms with Gasteiger partial charge >= 0.3 is 0 Å². The van der Waals surface area contributed by atoms with Crippen LogP contribution in [0, 0.1) is 6.85 Å². The van der Waals surface area contributed by atoms with Crippen molar-refractivity contribution in [2.24, 2.45) is 0 Å². The molecule has 0 amide bonds. The maximum Gasteiger partial charge on any atom is 0.160 e. The summed E-state index contributed by atoms with van der Waals surface area (Å²) in [7, 11) is 0. The molecule has 0 aliphatic carbocycles. The van der Waals surface area contributed by atoms with Gasteiger partial charge in [0, 0.05) is 10.3 Å². The quantitative estimate of drug-likeness (QED) is 0.695. The smallest absolute Gasteiger partial charge is 0.160 e. The summed E-state index contributed by atoms with van der Waals surface area (Å²) in [5.74, 6) is 0.315. The number of rotatable bonds is 1. The Balaban J connectivity index is 2.59. The van der Waals surface area contributed by atoms with Gasteiger partial charge in [0.2, 0.25) is 0 Å². The van der Waals surface area contributed by atoms with Gasteiger partial charge in [0.15, 0.2) is 5.82 Å². The molecule has 66 valence electrons. The molecule has 2 N–H and O–H groups in total. The molecule has 5 nitrogen and oxygen atoms in total. The zero-order chi connectivity index (χ0) is 13.5. The summed E-state index contributed by atoms with van der Waals surface area (Å²) in [6, 6.07) is 2.87. The average molecular weight is 180 g/mol. The summed E-state index contributed by atoms with van der Waals surface area (Å²) >= 11 is 0. The van der Waals surface area contributed by atoms with Crippen LogP contribution in [0.25, 0.3) is 5.82 Å². The van der Waals surface area contributed by atoms with E-state index in [1.165, 1.54) is 12.1 Å². The van der Waals surface area contributed by atoms with Crippen LogP contribution in [0.15, 0.2) is 24.6 Å². The van der Waals surface area contributed by atoms with Crippen LogP contribution in [0.2, 0.25) is 0 Å². The molecule has 2 aromatic heterocycles. The van der Waals surface area contributed by atoms with Crippen molar-refractivity contribution in [1.29, 1.82) is 0 Å². The summed E-state index contributed by atoms with van der Waals surface area (Å²) in [4.78, 5) is 3.56. The Morgan fingerprint density at radius 1 is 1.54 bits per heavy atom. The minimum absolute atomic E-state index is 0.127. The van der Waals surface area contributed by atoms with Crippen molar-refractivity contribution >= 4 is 5.82 Å². The van der Waals surface area contributed by atoms with Gasteiger partial charge in [0.25, 0.3) is 0 Å². The molecule has 0 bridgehead atoms. The van der Waals surface area contributed by atoms with Gasteiger partial charge in [-0.1, -0.05) is 0 Å². The van der Waals surface area contributed by atoms with E-state index in [0.717, 1.165) is 4.57 Å². The van der Waals surface area contributed by atoms with Crippen LogP contribution < -0.4 is 5.73 Å². The fourth-order valence-electron chi connectivity index (χ4n) is 0.819. The molecule has 0 aliphatic rings. The van der Waals surface area contributed by atoms with E-state index in [4.69, 9.17) is 12.6 Å². The van der Waals surface area contributed by atoms with E-state index < -0.39 is 18.7 Å². The van der Waals surface area contributed by atoms with Crippen LogP contribution in [0.1, 0.15) is 12.5 Å². The lowest BCUT2D eigenvalue weighted by atomic mass is 10.5. The molecule has 0 atom stereocenters. The van der Waals surface area contributed by atoms with E-state index in [-0.39, 0.29) is 17.9 Å². The number of imidazole rings is 1. The van der Waals surface area contributed by atoms with E-state index in [9.17, 15) is 0 Å². The number of anilines is 1. The van der Waals surface area contributed by atoms with Crippen molar-refractivity contribution in [3.05, 3.63) is 30.3 Å². The third-order valence-electron chi connectivity index (χ3n) is 1.38. The second-order valence-electron chi connectivity index (χ2n) is 2.32. The molecule has 0 aliphatic heterocycles. The van der Waals surface area contributed by atoms with Gasteiger partial charge in [-0.3, -0.25) is 4.57 Å². The fourth-order valence-corrected chi connectivity index (χ4v) is 0.819. The number of aromatic nitrogens is 4. The molecule has 0 fully saturated rings. The Bertz CT molecular complexity index is 573. The molecule has 2 heterocycles. The molecule has 2 aromatic rings. The van der Waals surface area contributed by atoms with Crippen molar-refractivity contribution in [3.63, 3.8) is 0 Å². The Labute approximate surface area is 82.3 Å². The zero-order valence-corrected chi connectivity index (χ0v) is 6.52. The van der Waals surface area contributed by atoms with Crippen LogP contribution in [0.5, 0.6) is 0 Å². The molecule has 13 heavy (non-hydrogen) atoms. The molecule has 2 rings (SSSR count). The van der Waals surface area contributed by atoms with Gasteiger partial charge in [-0.2, -0.15) is 0 Å². The number of nitrogens with two attached hydrogens (primary N) is 1. The van der Waals surface area contributed by atoms with E-state index in [0.29, 0.717) is 0 Å². The number of aryl methyl sites for hydroxylation is 1. The fraction of sp³-hybridized carbons (Fsp3) is 0.125. The first-order valence-electron chi connectivity index (χ1n) is 5.96. The summed E-state index contributed by atoms with van der Waals surface area (Å²) in [6.45, 7) is -2.54. The molecule has 0 saturated carbocycles. The Kier molecular flexibility index (Phi) is 0.849. The van der Waals surface area contributed by atoms with E-state index >= 15 is 0 Å². The molecular formula is C8H9N5. The molecule has 0 saturated heterocycles. The third kappa shape index (κ3) is 1.48. The van der Waals surface area contributed by atoms with Crippen molar-refractivity contribution in [2.75, 3.05) is 5.73 Å². The van der Waals surface area contributed by atoms with Crippen molar-refractivity contribution in [1.82, 2.24) is 19.7 Å². The van der Waals surface area contributed by atoms with Gasteiger partial charge in [-0.15, -0.1) is 10.2 Å². The lowest BCUT2D eigenvalue weighted by molar-refractivity contribution is 0.917. The minimum Gasteiger partial charge on any atom is -0.382 e. The highest BCUT2D eigenvalue weighted by Gasteiger charge is 1.98. The van der Waals surface area contributed by atoms with Gasteiger partial charge in [-0.05, 0) is 19.0 Å². The first kappa shape index (κ1) is 3.87. The van der Waals surface area contributed by atoms with Crippen LogP contribution >= 0.6 is 0 Å². The van der Waals surface area contributed by atoms with Crippen molar-refractivity contribution in [3.8, 4) is 5.82 Å². The van der Waals surface area contributed by atoms with E-state index in [1.54, 1.807) is 0 Å². The highest BCUT2D eigenvalue weighted by Crippen LogP contribution is 2.04. The van der Waals surface area contributed by atoms with Gasteiger partial charge in [0.1, 0.15) is 13.5 Å². The van der Waals surface area contributed by atoms with E-state index in [1.807, 2.05) is 0 Å². The normalized spacial score (nSPS) is 16.8. The summed E-state index contributed by atoms with van der Waals surface area (Å²) in [5.41, 5.74) is 4.93. The number of hydrogen-bond donors (Lipinski definition) is 1. The lowest BCUT2D eigenvalue weighted by Crippen LogP contribution is -1.98. The first-order valence-corrected chi connectivity index (χ1v) is 3.46. The van der Waals surface area contributed by atoms with Crippen molar-refractivity contribution < 1.29 is 6.85 Å². The molecule has 0 radical (unpaired) electrons. The Morgan fingerprint density at radius 3 is 3.08 bits per heavy atom. The predicted molar refractivity (Wildman–Crippen MR) is 48.3 cm³/mol. The van der Waals surface area contributed by atoms with E-state index in [2.05, 4.69) is 15.2 Å². The second kappa shape index (κ2) is 2.85. The summed E-state index contributed by atoms with van der Waals surface area (Å²) in [5, 5.41) is 7.27. The van der Waals surface area contributed by atoms with Crippen LogP contribution in [0.3, 0.4) is 0 Å². The predicted octanol–water partition coefficient (Wildman–Crippen LogP) is 0.553. The minimum atomic E-state index is -2.54. The van der Waals surface area contributed by atoms with Crippen LogP contribution in [0.4, 0.5) is 5.82 Å². The van der Waals surface area contributed by atoms with Crippen molar-refractivity contribution in [2.45, 2.75) is 6.85 Å². The number of hydrogen-bond acceptors (Lipinski definition) is 4. The molecule has 0 aromatic carbocycles. The average Bonchev–Trinajstić information content (AvgIpc) is 2.56. The summed E-state index contributed by atoms with van der Waals surface area (Å²) < 4.78 is 38.0. The maximum atomic E-state index is 7.74. The number of nitrogens with zero attached hydrogens (tertiary/aromatic N) is 4. The second-order valence-corrected chi connectivity index (χ2v) is 2.32. The SMILES string of the molecule is [2H]c1nc(C([2H])([2H])[2H])c([2H])n1-c1ccc(N)nn1. The third-order valence-corrected chi connectivity index (χ3v) is 1.38. The molecular weight excluding hydrogens is 166 g/mol. The standard InChI is InChI=1S/C8H9N5/c1-6-4-13(5-10-6)8-3-2-7(9)11-12-8/h2-5H,1H3,(H2,9,11)/i1D3,4D,5D.